The SMILES string of the molecule is CCCc1nccn1CC=CC(=O)O. The van der Waals surface area contributed by atoms with Crippen molar-refractivity contribution < 1.29 is 9.90 Å². The van der Waals surface area contributed by atoms with Gasteiger partial charge < -0.3 is 9.67 Å². The third-order valence-electron chi connectivity index (χ3n) is 1.84. The zero-order valence-electron chi connectivity index (χ0n) is 8.18. The van der Waals surface area contributed by atoms with E-state index in [0.29, 0.717) is 6.54 Å². The molecule has 0 aliphatic rings. The number of carbonyl (C=O) groups is 1. The average Bonchev–Trinajstić information content (AvgIpc) is 2.53. The lowest BCUT2D eigenvalue weighted by molar-refractivity contribution is -0.131. The second kappa shape index (κ2) is 5.21. The van der Waals surface area contributed by atoms with Gasteiger partial charge in [0.1, 0.15) is 5.82 Å². The van der Waals surface area contributed by atoms with E-state index in [1.807, 2.05) is 10.8 Å². The average molecular weight is 194 g/mol. The van der Waals surface area contributed by atoms with Gasteiger partial charge in [-0.25, -0.2) is 9.78 Å². The van der Waals surface area contributed by atoms with E-state index in [2.05, 4.69) is 11.9 Å². The van der Waals surface area contributed by atoms with E-state index in [1.54, 1.807) is 12.3 Å². The molecule has 1 N–H and O–H groups in total. The normalized spacial score (nSPS) is 10.9. The van der Waals surface area contributed by atoms with Crippen LogP contribution in [0.4, 0.5) is 0 Å². The van der Waals surface area contributed by atoms with Gasteiger partial charge in [0.25, 0.3) is 0 Å². The minimum absolute atomic E-state index is 0.571. The van der Waals surface area contributed by atoms with E-state index in [1.165, 1.54) is 0 Å². The van der Waals surface area contributed by atoms with Crippen LogP contribution < -0.4 is 0 Å². The standard InChI is InChI=1S/C10H14N2O2/c1-2-4-9-11-6-8-12(9)7-3-5-10(13)14/h3,5-6,8H,2,4,7H2,1H3,(H,13,14). The highest BCUT2D eigenvalue weighted by molar-refractivity contribution is 5.79. The summed E-state index contributed by atoms with van der Waals surface area (Å²) in [6.45, 7) is 2.66. The topological polar surface area (TPSA) is 55.1 Å². The molecular formula is C10H14N2O2. The Bertz CT molecular complexity index is 329. The zero-order chi connectivity index (χ0) is 10.4. The van der Waals surface area contributed by atoms with Gasteiger partial charge in [-0.05, 0) is 6.42 Å². The highest BCUT2D eigenvalue weighted by atomic mass is 16.4. The van der Waals surface area contributed by atoms with Crippen molar-refractivity contribution in [3.05, 3.63) is 30.4 Å². The monoisotopic (exact) mass is 194 g/mol. The number of nitrogens with zero attached hydrogens (tertiary/aromatic N) is 2. The Morgan fingerprint density at radius 3 is 3.14 bits per heavy atom. The van der Waals surface area contributed by atoms with Gasteiger partial charge in [0, 0.05) is 31.4 Å². The van der Waals surface area contributed by atoms with Crippen LogP contribution in [0.3, 0.4) is 0 Å². The summed E-state index contributed by atoms with van der Waals surface area (Å²) in [6.07, 6.45) is 8.32. The zero-order valence-corrected chi connectivity index (χ0v) is 8.18. The Morgan fingerprint density at radius 2 is 2.50 bits per heavy atom. The molecule has 1 aromatic heterocycles. The van der Waals surface area contributed by atoms with Crippen molar-refractivity contribution in [1.82, 2.24) is 9.55 Å². The van der Waals surface area contributed by atoms with Gasteiger partial charge in [0.2, 0.25) is 0 Å². The predicted molar refractivity (Wildman–Crippen MR) is 53.0 cm³/mol. The van der Waals surface area contributed by atoms with Gasteiger partial charge in [-0.1, -0.05) is 13.0 Å². The Labute approximate surface area is 82.9 Å². The number of aliphatic carboxylic acids is 1. The molecule has 1 heterocycles. The van der Waals surface area contributed by atoms with E-state index < -0.39 is 5.97 Å². The highest BCUT2D eigenvalue weighted by Crippen LogP contribution is 2.01. The molecule has 0 amide bonds. The van der Waals surface area contributed by atoms with Crippen LogP contribution in [0.5, 0.6) is 0 Å². The number of hydrogen-bond acceptors (Lipinski definition) is 2. The molecule has 0 unspecified atom stereocenters. The number of aryl methyl sites for hydroxylation is 1. The lowest BCUT2D eigenvalue weighted by Crippen LogP contribution is -2.01. The number of hydrogen-bond donors (Lipinski definition) is 1. The molecule has 0 saturated carbocycles. The second-order valence-corrected chi connectivity index (χ2v) is 2.99. The number of carboxylic acid groups (broad SMARTS) is 1. The van der Waals surface area contributed by atoms with Crippen LogP contribution in [-0.4, -0.2) is 20.6 Å². The lowest BCUT2D eigenvalue weighted by atomic mass is 10.3. The number of aromatic nitrogens is 2. The van der Waals surface area contributed by atoms with E-state index in [-0.39, 0.29) is 0 Å². The summed E-state index contributed by atoms with van der Waals surface area (Å²) in [5.41, 5.74) is 0. The van der Waals surface area contributed by atoms with Crippen molar-refractivity contribution in [2.24, 2.45) is 0 Å². The van der Waals surface area contributed by atoms with Gasteiger partial charge in [-0.3, -0.25) is 0 Å². The van der Waals surface area contributed by atoms with Gasteiger partial charge in [0.05, 0.1) is 0 Å². The molecule has 1 rings (SSSR count). The molecule has 0 aliphatic carbocycles. The van der Waals surface area contributed by atoms with E-state index >= 15 is 0 Å². The van der Waals surface area contributed by atoms with Crippen LogP contribution in [0.2, 0.25) is 0 Å². The van der Waals surface area contributed by atoms with Crippen molar-refractivity contribution in [1.29, 1.82) is 0 Å². The first-order valence-corrected chi connectivity index (χ1v) is 4.63. The fraction of sp³-hybridized carbons (Fsp3) is 0.400. The Balaban J connectivity index is 2.57. The summed E-state index contributed by atoms with van der Waals surface area (Å²) in [5, 5.41) is 8.40. The summed E-state index contributed by atoms with van der Waals surface area (Å²) in [4.78, 5) is 14.4. The van der Waals surface area contributed by atoms with E-state index in [4.69, 9.17) is 5.11 Å². The van der Waals surface area contributed by atoms with Crippen LogP contribution >= 0.6 is 0 Å². The number of carboxylic acids is 1. The van der Waals surface area contributed by atoms with E-state index in [9.17, 15) is 4.79 Å². The first-order valence-electron chi connectivity index (χ1n) is 4.63. The smallest absolute Gasteiger partial charge is 0.328 e. The summed E-state index contributed by atoms with van der Waals surface area (Å²) < 4.78 is 1.95. The molecule has 1 aromatic rings. The second-order valence-electron chi connectivity index (χ2n) is 2.99. The molecule has 0 aliphatic heterocycles. The Kier molecular flexibility index (Phi) is 3.91. The summed E-state index contributed by atoms with van der Waals surface area (Å²) in [7, 11) is 0. The molecule has 0 spiro atoms. The van der Waals surface area contributed by atoms with Gasteiger partial charge in [-0.15, -0.1) is 0 Å². The van der Waals surface area contributed by atoms with Crippen LogP contribution in [-0.2, 0) is 17.8 Å². The fourth-order valence-corrected chi connectivity index (χ4v) is 1.23. The van der Waals surface area contributed by atoms with Crippen LogP contribution in [0.1, 0.15) is 19.2 Å². The molecular weight excluding hydrogens is 180 g/mol. The molecule has 0 fully saturated rings. The van der Waals surface area contributed by atoms with Crippen molar-refractivity contribution >= 4 is 5.97 Å². The number of allylic oxidation sites excluding steroid dienone is 1. The summed E-state index contributed by atoms with van der Waals surface area (Å²) in [6, 6.07) is 0. The highest BCUT2D eigenvalue weighted by Gasteiger charge is 1.98. The molecule has 0 bridgehead atoms. The van der Waals surface area contributed by atoms with Crippen LogP contribution in [0, 0.1) is 0 Å². The third-order valence-corrected chi connectivity index (χ3v) is 1.84. The van der Waals surface area contributed by atoms with Gasteiger partial charge in [-0.2, -0.15) is 0 Å². The first-order chi connectivity index (χ1) is 6.74. The largest absolute Gasteiger partial charge is 0.478 e. The van der Waals surface area contributed by atoms with Crippen LogP contribution in [0.15, 0.2) is 24.5 Å². The van der Waals surface area contributed by atoms with Crippen molar-refractivity contribution in [2.45, 2.75) is 26.3 Å². The third kappa shape index (κ3) is 3.05. The molecule has 4 heteroatoms. The van der Waals surface area contributed by atoms with Crippen molar-refractivity contribution in [2.75, 3.05) is 0 Å². The van der Waals surface area contributed by atoms with Crippen LogP contribution in [0.25, 0.3) is 0 Å². The quantitative estimate of drug-likeness (QED) is 0.722. The molecule has 0 atom stereocenters. The summed E-state index contributed by atoms with van der Waals surface area (Å²) in [5.74, 6) is 0.0877. The maximum absolute atomic E-state index is 10.2. The lowest BCUT2D eigenvalue weighted by Gasteiger charge is -2.02. The minimum Gasteiger partial charge on any atom is -0.478 e. The van der Waals surface area contributed by atoms with E-state index in [0.717, 1.165) is 24.7 Å². The minimum atomic E-state index is -0.915. The number of rotatable bonds is 5. The van der Waals surface area contributed by atoms with Crippen molar-refractivity contribution in [3.8, 4) is 0 Å². The summed E-state index contributed by atoms with van der Waals surface area (Å²) >= 11 is 0. The Morgan fingerprint density at radius 1 is 1.71 bits per heavy atom. The first kappa shape index (κ1) is 10.5. The molecule has 0 aromatic carbocycles. The Hall–Kier alpha value is -1.58. The molecule has 0 saturated heterocycles. The van der Waals surface area contributed by atoms with Gasteiger partial charge in [0.15, 0.2) is 0 Å². The molecule has 0 radical (unpaired) electrons. The molecule has 4 nitrogen and oxygen atoms in total. The maximum Gasteiger partial charge on any atom is 0.328 e. The van der Waals surface area contributed by atoms with Gasteiger partial charge >= 0.3 is 5.97 Å². The molecule has 14 heavy (non-hydrogen) atoms. The number of imidazole rings is 1. The molecule has 76 valence electrons. The fourth-order valence-electron chi connectivity index (χ4n) is 1.23. The predicted octanol–water partition coefficient (Wildman–Crippen LogP) is 1.48. The maximum atomic E-state index is 10.2. The van der Waals surface area contributed by atoms with Crippen molar-refractivity contribution in [3.63, 3.8) is 0 Å².